The molecule has 2 aromatic carbocycles. The number of hydrogen-bond donors (Lipinski definition) is 3. The standard InChI is InChI=1S/C27H27ClN6O3/c1-27(14-35)13-31-23-17(11-29)6-15(9-20(23)27)21-4-5-30-26(32-21)33-22-10-19(28)8-16-7-18(12-37-24(16)22)25(36)34(2)3/h4-6,8-10,18,31,35H,7,12-14H2,1-3H3,(H,30,32,33)/t18?,27-/m1/s1. The van der Waals surface area contributed by atoms with Gasteiger partial charge in [-0.1, -0.05) is 18.5 Å². The molecule has 190 valence electrons. The lowest BCUT2D eigenvalue weighted by atomic mass is 9.83. The third-order valence-corrected chi connectivity index (χ3v) is 7.15. The fourth-order valence-electron chi connectivity index (χ4n) is 4.86. The number of fused-ring (bicyclic) bond motifs is 2. The molecule has 0 saturated heterocycles. The number of amides is 1. The zero-order valence-corrected chi connectivity index (χ0v) is 21.6. The van der Waals surface area contributed by atoms with Crippen molar-refractivity contribution in [1.29, 1.82) is 5.26 Å². The van der Waals surface area contributed by atoms with Gasteiger partial charge in [0.05, 0.1) is 35.2 Å². The van der Waals surface area contributed by atoms with Crippen LogP contribution in [0.3, 0.4) is 0 Å². The van der Waals surface area contributed by atoms with E-state index in [4.69, 9.17) is 16.3 Å². The highest BCUT2D eigenvalue weighted by molar-refractivity contribution is 6.31. The van der Waals surface area contributed by atoms with Crippen LogP contribution in [0, 0.1) is 17.2 Å². The summed E-state index contributed by atoms with van der Waals surface area (Å²) in [4.78, 5) is 23.1. The Morgan fingerprint density at radius 3 is 2.92 bits per heavy atom. The average molecular weight is 519 g/mol. The molecule has 1 aromatic heterocycles. The molecule has 1 unspecified atom stereocenters. The number of carbonyl (C=O) groups is 1. The molecule has 0 saturated carbocycles. The van der Waals surface area contributed by atoms with Gasteiger partial charge < -0.3 is 25.4 Å². The Labute approximate surface area is 220 Å². The Kier molecular flexibility index (Phi) is 6.40. The molecule has 0 bridgehead atoms. The summed E-state index contributed by atoms with van der Waals surface area (Å²) >= 11 is 6.40. The van der Waals surface area contributed by atoms with E-state index in [1.54, 1.807) is 43.4 Å². The molecule has 5 rings (SSSR count). The van der Waals surface area contributed by atoms with Crippen LogP contribution in [-0.2, 0) is 16.6 Å². The molecule has 10 heteroatoms. The van der Waals surface area contributed by atoms with E-state index in [-0.39, 0.29) is 25.0 Å². The van der Waals surface area contributed by atoms with Gasteiger partial charge in [0.25, 0.3) is 0 Å². The smallest absolute Gasteiger partial charge is 0.228 e. The van der Waals surface area contributed by atoms with Gasteiger partial charge in [0.15, 0.2) is 0 Å². The summed E-state index contributed by atoms with van der Waals surface area (Å²) in [6.07, 6.45) is 2.16. The van der Waals surface area contributed by atoms with Gasteiger partial charge in [0, 0.05) is 42.8 Å². The predicted molar refractivity (Wildman–Crippen MR) is 141 cm³/mol. The second-order valence-electron chi connectivity index (χ2n) is 9.91. The van der Waals surface area contributed by atoms with Crippen LogP contribution < -0.4 is 15.4 Å². The SMILES string of the molecule is CN(C)C(=O)C1COc2c(cc(Cl)cc2Nc2nccc(-c3cc(C#N)c4c(c3)[C@@](C)(CO)CN4)n2)C1. The Hall–Kier alpha value is -3.87. The summed E-state index contributed by atoms with van der Waals surface area (Å²) in [6.45, 7) is 2.74. The summed E-state index contributed by atoms with van der Waals surface area (Å²) in [5.41, 5.74) is 4.46. The lowest BCUT2D eigenvalue weighted by Gasteiger charge is -2.28. The molecule has 2 atom stereocenters. The van der Waals surface area contributed by atoms with E-state index < -0.39 is 5.41 Å². The van der Waals surface area contributed by atoms with Crippen molar-refractivity contribution in [2.24, 2.45) is 5.92 Å². The Balaban J connectivity index is 1.47. The van der Waals surface area contributed by atoms with E-state index in [9.17, 15) is 15.2 Å². The minimum atomic E-state index is -0.492. The number of rotatable bonds is 5. The van der Waals surface area contributed by atoms with Gasteiger partial charge in [0.2, 0.25) is 11.9 Å². The van der Waals surface area contributed by atoms with Gasteiger partial charge in [-0.05, 0) is 47.9 Å². The highest BCUT2D eigenvalue weighted by Crippen LogP contribution is 2.42. The number of halogens is 1. The Bertz CT molecular complexity index is 1440. The van der Waals surface area contributed by atoms with Gasteiger partial charge in [-0.3, -0.25) is 4.79 Å². The molecular weight excluding hydrogens is 492 g/mol. The van der Waals surface area contributed by atoms with E-state index in [0.717, 1.165) is 22.4 Å². The number of benzene rings is 2. The number of ether oxygens (including phenoxy) is 1. The van der Waals surface area contributed by atoms with Crippen LogP contribution in [0.5, 0.6) is 5.75 Å². The lowest BCUT2D eigenvalue weighted by Crippen LogP contribution is -2.36. The quantitative estimate of drug-likeness (QED) is 0.467. The minimum absolute atomic E-state index is 0.00903. The molecule has 9 nitrogen and oxygen atoms in total. The zero-order valence-electron chi connectivity index (χ0n) is 20.8. The topological polar surface area (TPSA) is 123 Å². The first-order valence-corrected chi connectivity index (χ1v) is 12.3. The van der Waals surface area contributed by atoms with E-state index >= 15 is 0 Å². The maximum atomic E-state index is 12.5. The Morgan fingerprint density at radius 1 is 1.38 bits per heavy atom. The van der Waals surface area contributed by atoms with Crippen LogP contribution in [0.4, 0.5) is 17.3 Å². The molecule has 37 heavy (non-hydrogen) atoms. The molecule has 0 fully saturated rings. The number of aliphatic hydroxyl groups is 1. The van der Waals surface area contributed by atoms with Crippen LogP contribution in [0.2, 0.25) is 5.02 Å². The Morgan fingerprint density at radius 2 is 2.19 bits per heavy atom. The van der Waals surface area contributed by atoms with E-state index in [1.165, 1.54) is 0 Å². The van der Waals surface area contributed by atoms with Crippen LogP contribution >= 0.6 is 11.6 Å². The van der Waals surface area contributed by atoms with Crippen molar-refractivity contribution in [3.63, 3.8) is 0 Å². The number of nitrogens with zero attached hydrogens (tertiary/aromatic N) is 4. The molecule has 0 aliphatic carbocycles. The second kappa shape index (κ2) is 9.54. The molecule has 2 aliphatic rings. The number of nitrogens with one attached hydrogen (secondary N) is 2. The molecule has 1 amide bonds. The third-order valence-electron chi connectivity index (χ3n) is 6.93. The number of aromatic nitrogens is 2. The molecule has 3 aromatic rings. The van der Waals surface area contributed by atoms with Crippen molar-refractivity contribution in [3.05, 3.63) is 58.2 Å². The van der Waals surface area contributed by atoms with Crippen molar-refractivity contribution in [2.75, 3.05) is 44.5 Å². The van der Waals surface area contributed by atoms with Gasteiger partial charge in [-0.25, -0.2) is 9.97 Å². The highest BCUT2D eigenvalue weighted by Gasteiger charge is 2.36. The molecule has 3 N–H and O–H groups in total. The second-order valence-corrected chi connectivity index (χ2v) is 10.3. The molecule has 2 aliphatic heterocycles. The number of carbonyl (C=O) groups excluding carboxylic acids is 1. The monoisotopic (exact) mass is 518 g/mol. The summed E-state index contributed by atoms with van der Waals surface area (Å²) in [6, 6.07) is 11.3. The fraction of sp³-hybridized carbons (Fsp3) is 0.333. The number of nitriles is 1. The minimum Gasteiger partial charge on any atom is -0.490 e. The fourth-order valence-corrected chi connectivity index (χ4v) is 5.10. The molecular formula is C27H27ClN6O3. The van der Waals surface area contributed by atoms with Crippen LogP contribution in [0.15, 0.2) is 36.5 Å². The zero-order chi connectivity index (χ0) is 26.3. The van der Waals surface area contributed by atoms with E-state index in [2.05, 4.69) is 26.7 Å². The van der Waals surface area contributed by atoms with Gasteiger partial charge in [-0.15, -0.1) is 0 Å². The van der Waals surface area contributed by atoms with Gasteiger partial charge in [-0.2, -0.15) is 5.26 Å². The average Bonchev–Trinajstić information content (AvgIpc) is 3.24. The largest absolute Gasteiger partial charge is 0.490 e. The summed E-state index contributed by atoms with van der Waals surface area (Å²) in [5, 5.41) is 26.7. The van der Waals surface area contributed by atoms with Gasteiger partial charge in [0.1, 0.15) is 18.4 Å². The molecule has 3 heterocycles. The summed E-state index contributed by atoms with van der Waals surface area (Å²) in [5.74, 6) is 0.686. The maximum Gasteiger partial charge on any atom is 0.228 e. The summed E-state index contributed by atoms with van der Waals surface area (Å²) < 4.78 is 6.01. The highest BCUT2D eigenvalue weighted by atomic mass is 35.5. The van der Waals surface area contributed by atoms with Crippen molar-refractivity contribution in [3.8, 4) is 23.1 Å². The van der Waals surface area contributed by atoms with E-state index in [1.807, 2.05) is 19.1 Å². The number of anilines is 3. The van der Waals surface area contributed by atoms with Crippen LogP contribution in [0.1, 0.15) is 23.6 Å². The number of aliphatic hydroxyl groups excluding tert-OH is 1. The maximum absolute atomic E-state index is 12.5. The number of hydrogen-bond acceptors (Lipinski definition) is 8. The lowest BCUT2D eigenvalue weighted by molar-refractivity contribution is -0.134. The van der Waals surface area contributed by atoms with Gasteiger partial charge >= 0.3 is 0 Å². The first-order chi connectivity index (χ1) is 17.7. The predicted octanol–water partition coefficient (Wildman–Crippen LogP) is 3.73. The van der Waals surface area contributed by atoms with Crippen molar-refractivity contribution >= 4 is 34.8 Å². The third kappa shape index (κ3) is 4.54. The molecule has 0 radical (unpaired) electrons. The van der Waals surface area contributed by atoms with Crippen molar-refractivity contribution < 1.29 is 14.6 Å². The van der Waals surface area contributed by atoms with E-state index in [0.29, 0.717) is 46.6 Å². The van der Waals surface area contributed by atoms with Crippen molar-refractivity contribution in [2.45, 2.75) is 18.8 Å². The first kappa shape index (κ1) is 24.8. The summed E-state index contributed by atoms with van der Waals surface area (Å²) in [7, 11) is 3.46. The van der Waals surface area contributed by atoms with Crippen LogP contribution in [0.25, 0.3) is 11.3 Å². The molecule has 0 spiro atoms. The van der Waals surface area contributed by atoms with Crippen molar-refractivity contribution in [1.82, 2.24) is 14.9 Å². The van der Waals surface area contributed by atoms with Crippen LogP contribution in [-0.4, -0.2) is 59.7 Å². The normalized spacial score (nSPS) is 19.6. The first-order valence-electron chi connectivity index (χ1n) is 11.9.